The minimum atomic E-state index is -0.317. The second-order valence-corrected chi connectivity index (χ2v) is 7.92. The maximum Gasteiger partial charge on any atom is 0.300 e. The Morgan fingerprint density at radius 2 is 1.97 bits per heavy atom. The fourth-order valence-electron chi connectivity index (χ4n) is 2.91. The molecular weight excluding hydrogens is 438 g/mol. The number of fused-ring (bicyclic) bond motifs is 1. The molecule has 0 atom stereocenters. The van der Waals surface area contributed by atoms with Crippen LogP contribution in [0.4, 0.5) is 0 Å². The van der Waals surface area contributed by atoms with Crippen LogP contribution in [-0.4, -0.2) is 37.9 Å². The van der Waals surface area contributed by atoms with Gasteiger partial charge in [-0.05, 0) is 29.8 Å². The van der Waals surface area contributed by atoms with Crippen LogP contribution in [0.15, 0.2) is 70.9 Å². The van der Waals surface area contributed by atoms with Gasteiger partial charge in [0.15, 0.2) is 5.16 Å². The van der Waals surface area contributed by atoms with E-state index < -0.39 is 0 Å². The van der Waals surface area contributed by atoms with Gasteiger partial charge in [0.1, 0.15) is 5.75 Å². The minimum Gasteiger partial charge on any atom is -0.497 e. The van der Waals surface area contributed by atoms with E-state index in [9.17, 15) is 9.59 Å². The highest BCUT2D eigenvalue weighted by atomic mass is 35.5. The normalized spacial score (nSPS) is 10.9. The highest BCUT2D eigenvalue weighted by Gasteiger charge is 2.14. The van der Waals surface area contributed by atoms with Gasteiger partial charge in [0, 0.05) is 30.0 Å². The molecule has 1 N–H and O–H groups in total. The van der Waals surface area contributed by atoms with E-state index in [0.29, 0.717) is 28.2 Å². The van der Waals surface area contributed by atoms with Crippen molar-refractivity contribution in [2.45, 2.75) is 11.7 Å². The number of rotatable bonds is 7. The summed E-state index contributed by atoms with van der Waals surface area (Å²) in [6.45, 7) is 0.405. The van der Waals surface area contributed by atoms with Crippen molar-refractivity contribution in [2.24, 2.45) is 0 Å². The number of nitrogens with one attached hydrogen (secondary N) is 1. The Balaban J connectivity index is 1.45. The van der Waals surface area contributed by atoms with Crippen molar-refractivity contribution in [3.63, 3.8) is 0 Å². The number of benzene rings is 2. The van der Waals surface area contributed by atoms with E-state index in [1.807, 2.05) is 12.1 Å². The maximum absolute atomic E-state index is 12.9. The average molecular weight is 456 g/mol. The summed E-state index contributed by atoms with van der Waals surface area (Å²) in [7, 11) is 1.57. The van der Waals surface area contributed by atoms with Crippen molar-refractivity contribution in [3.8, 4) is 11.4 Å². The lowest BCUT2D eigenvalue weighted by Gasteiger charge is -2.08. The van der Waals surface area contributed by atoms with Gasteiger partial charge < -0.3 is 10.1 Å². The molecule has 0 spiro atoms. The predicted molar refractivity (Wildman–Crippen MR) is 119 cm³/mol. The molecule has 2 aromatic carbocycles. The monoisotopic (exact) mass is 455 g/mol. The molecule has 1 amide bonds. The van der Waals surface area contributed by atoms with Crippen molar-refractivity contribution < 1.29 is 9.53 Å². The molecule has 4 rings (SSSR count). The lowest BCUT2D eigenvalue weighted by Crippen LogP contribution is -2.24. The number of thioether (sulfide) groups is 1. The summed E-state index contributed by atoms with van der Waals surface area (Å²) in [5, 5.41) is 12.0. The first kappa shape index (κ1) is 21.0. The molecule has 0 saturated heterocycles. The number of methoxy groups -OCH3 is 1. The van der Waals surface area contributed by atoms with E-state index in [1.54, 1.807) is 60.3 Å². The van der Waals surface area contributed by atoms with E-state index >= 15 is 0 Å². The number of hydrogen-bond donors (Lipinski definition) is 1. The molecular formula is C21H18ClN5O3S. The van der Waals surface area contributed by atoms with E-state index in [-0.39, 0.29) is 22.9 Å². The standard InChI is InChI=1S/C21H18ClN5O3S/c1-30-17-4-2-3-16(11-17)26-9-10-27-19(20(26)29)24-25-21(27)31-13-18(28)23-12-14-5-7-15(22)8-6-14/h2-11H,12-13H2,1H3,(H,23,28). The van der Waals surface area contributed by atoms with Crippen LogP contribution in [0.5, 0.6) is 5.75 Å². The summed E-state index contributed by atoms with van der Waals surface area (Å²) in [5.41, 5.74) is 1.47. The van der Waals surface area contributed by atoms with Gasteiger partial charge in [0.2, 0.25) is 11.6 Å². The van der Waals surface area contributed by atoms with Crippen LogP contribution in [0.3, 0.4) is 0 Å². The van der Waals surface area contributed by atoms with Gasteiger partial charge in [-0.2, -0.15) is 0 Å². The van der Waals surface area contributed by atoms with Gasteiger partial charge in [-0.15, -0.1) is 10.2 Å². The van der Waals surface area contributed by atoms with Gasteiger partial charge in [-0.1, -0.05) is 41.6 Å². The number of carbonyl (C=O) groups is 1. The van der Waals surface area contributed by atoms with Gasteiger partial charge in [0.05, 0.1) is 18.6 Å². The topological polar surface area (TPSA) is 90.5 Å². The van der Waals surface area contributed by atoms with Crippen molar-refractivity contribution in [1.29, 1.82) is 0 Å². The minimum absolute atomic E-state index is 0.146. The zero-order valence-corrected chi connectivity index (χ0v) is 18.1. The fourth-order valence-corrected chi connectivity index (χ4v) is 3.79. The predicted octanol–water partition coefficient (Wildman–Crippen LogP) is 2.95. The molecule has 158 valence electrons. The fraction of sp³-hybridized carbons (Fsp3) is 0.143. The third kappa shape index (κ3) is 4.73. The number of halogens is 1. The van der Waals surface area contributed by atoms with E-state index in [2.05, 4.69) is 15.5 Å². The Morgan fingerprint density at radius 3 is 2.74 bits per heavy atom. The summed E-state index contributed by atoms with van der Waals surface area (Å²) in [6.07, 6.45) is 3.34. The van der Waals surface area contributed by atoms with Gasteiger partial charge in [0.25, 0.3) is 0 Å². The summed E-state index contributed by atoms with van der Waals surface area (Å²) in [6, 6.07) is 14.4. The molecule has 2 heterocycles. The van der Waals surface area contributed by atoms with Gasteiger partial charge >= 0.3 is 5.56 Å². The number of carbonyl (C=O) groups excluding carboxylic acids is 1. The molecule has 31 heavy (non-hydrogen) atoms. The highest BCUT2D eigenvalue weighted by molar-refractivity contribution is 7.99. The number of nitrogens with zero attached hydrogens (tertiary/aromatic N) is 4. The number of amides is 1. The summed E-state index contributed by atoms with van der Waals surface area (Å²) in [5.74, 6) is 0.640. The molecule has 0 bridgehead atoms. The van der Waals surface area contributed by atoms with Crippen LogP contribution in [0.2, 0.25) is 5.02 Å². The Morgan fingerprint density at radius 1 is 1.16 bits per heavy atom. The number of aromatic nitrogens is 4. The van der Waals surface area contributed by atoms with Gasteiger partial charge in [-0.3, -0.25) is 18.6 Å². The van der Waals surface area contributed by atoms with Crippen molar-refractivity contribution in [1.82, 2.24) is 24.5 Å². The zero-order valence-electron chi connectivity index (χ0n) is 16.5. The first-order valence-corrected chi connectivity index (χ1v) is 10.7. The van der Waals surface area contributed by atoms with E-state index in [4.69, 9.17) is 16.3 Å². The lowest BCUT2D eigenvalue weighted by atomic mass is 10.2. The SMILES string of the molecule is COc1cccc(-n2ccn3c(SCC(=O)NCc4ccc(Cl)cc4)nnc3c2=O)c1. The third-order valence-electron chi connectivity index (χ3n) is 4.51. The molecule has 0 saturated carbocycles. The highest BCUT2D eigenvalue weighted by Crippen LogP contribution is 2.18. The molecule has 0 radical (unpaired) electrons. The summed E-state index contributed by atoms with van der Waals surface area (Å²) < 4.78 is 8.27. The van der Waals surface area contributed by atoms with Crippen molar-refractivity contribution in [2.75, 3.05) is 12.9 Å². The second kappa shape index (κ2) is 9.23. The quantitative estimate of drug-likeness (QED) is 0.431. The molecule has 0 unspecified atom stereocenters. The Labute approximate surface area is 186 Å². The maximum atomic E-state index is 12.9. The number of hydrogen-bond acceptors (Lipinski definition) is 6. The largest absolute Gasteiger partial charge is 0.497 e. The van der Waals surface area contributed by atoms with Crippen LogP contribution in [0.25, 0.3) is 11.3 Å². The smallest absolute Gasteiger partial charge is 0.300 e. The molecule has 10 heteroatoms. The third-order valence-corrected chi connectivity index (χ3v) is 5.70. The molecule has 0 fully saturated rings. The van der Waals surface area contributed by atoms with Crippen LogP contribution in [0.1, 0.15) is 5.56 Å². The average Bonchev–Trinajstić information content (AvgIpc) is 3.21. The van der Waals surface area contributed by atoms with Crippen molar-refractivity contribution >= 4 is 34.9 Å². The second-order valence-electron chi connectivity index (χ2n) is 6.54. The van der Waals surface area contributed by atoms with Crippen LogP contribution in [0, 0.1) is 0 Å². The summed E-state index contributed by atoms with van der Waals surface area (Å²) in [4.78, 5) is 25.1. The van der Waals surface area contributed by atoms with E-state index in [1.165, 1.54) is 16.3 Å². The van der Waals surface area contributed by atoms with Crippen LogP contribution in [-0.2, 0) is 11.3 Å². The molecule has 2 aromatic heterocycles. The molecule has 0 aliphatic rings. The first-order valence-electron chi connectivity index (χ1n) is 9.30. The molecule has 4 aromatic rings. The molecule has 0 aliphatic carbocycles. The van der Waals surface area contributed by atoms with Gasteiger partial charge in [-0.25, -0.2) is 0 Å². The Kier molecular flexibility index (Phi) is 6.24. The zero-order chi connectivity index (χ0) is 21.8. The molecule has 0 aliphatic heterocycles. The van der Waals surface area contributed by atoms with E-state index in [0.717, 1.165) is 5.56 Å². The van der Waals surface area contributed by atoms with Crippen LogP contribution < -0.4 is 15.6 Å². The van der Waals surface area contributed by atoms with Crippen LogP contribution >= 0.6 is 23.4 Å². The number of ether oxygens (including phenoxy) is 1. The Hall–Kier alpha value is -3.30. The first-order chi connectivity index (χ1) is 15.0. The van der Waals surface area contributed by atoms with Crippen molar-refractivity contribution in [3.05, 3.63) is 81.9 Å². The lowest BCUT2D eigenvalue weighted by molar-refractivity contribution is -0.118. The summed E-state index contributed by atoms with van der Waals surface area (Å²) >= 11 is 7.07. The Bertz CT molecular complexity index is 1290. The molecule has 8 nitrogen and oxygen atoms in total.